The normalized spacial score (nSPS) is 20.9. The van der Waals surface area contributed by atoms with Crippen LogP contribution in [0.2, 0.25) is 0 Å². The van der Waals surface area contributed by atoms with Crippen molar-refractivity contribution in [3.63, 3.8) is 0 Å². The van der Waals surface area contributed by atoms with Gasteiger partial charge in [-0.25, -0.2) is 39.1 Å². The van der Waals surface area contributed by atoms with Crippen LogP contribution in [-0.2, 0) is 89.5 Å². The summed E-state index contributed by atoms with van der Waals surface area (Å²) in [6.07, 6.45) is 18.1. The molecule has 732 valence electrons. The van der Waals surface area contributed by atoms with Gasteiger partial charge in [0, 0.05) is 25.2 Å². The minimum Gasteiger partial charge on any atom is -0.453 e. The van der Waals surface area contributed by atoms with Crippen molar-refractivity contribution < 1.29 is 57.3 Å². The molecule has 14 aliphatic rings. The number of nitrogens with one attached hydrogen (secondary N) is 8. The first-order valence-electron chi connectivity index (χ1n) is 50.8. The number of likely N-dealkylation sites (tertiary alicyclic amines) is 4. The van der Waals surface area contributed by atoms with Crippen LogP contribution >= 0.6 is 0 Å². The first kappa shape index (κ1) is 95.5. The molecule has 4 aliphatic heterocycles. The van der Waals surface area contributed by atoms with E-state index in [0.717, 1.165) is 231 Å². The fraction of sp³-hybridized carbons (Fsp3) is 0.464. The maximum absolute atomic E-state index is 14.5. The molecule has 140 heavy (non-hydrogen) atoms. The van der Waals surface area contributed by atoms with Crippen LogP contribution in [0.15, 0.2) is 146 Å². The standard InChI is InChI=1S/C60H72N8O6.C52H60N8O6/c1-33(2)53(65-59(71)73-5)57(69)67-49-13-9-7-11-41(49)31-51(67)55-61-45-25-23-39(29-47(45)63-55)43-27-35-15-19-37(43)21-17-36-16-20-38(22-18-35)44(28-36)40-24-26-46-48(30-40)64-56(62-46)52-32-42-12-8-10-14-50(42)68(52)58(70)54(34(3)4)66-60(72)74-6;1-29(2)45(57-51(63)65-5)49(61)59-23-7-9-43(59)47-53-39-21-19-35(27-41(39)55-47)37-25-31-11-15-33(37)17-13-32-12-16-34(18-14-31)38(26-32)36-20-22-40-42(28-36)56-48(54-40)44-10-8-24-60(44)50(62)46(30(3)4)58-52(64)66-6/h15-16,19-20,23-30,33-34,41-42,49-54H,7-14,17-18,21-22,31-32H2,1-6H3,(H,61,63)(H,62,64)(H,65,71)(H,66,72);11-12,15-16,19-22,25-30,43-46H,7-10,13-14,17-18,23-24H2,1-6H3,(H,53,55)(H,54,56)(H,57,63)(H,58,64)/t41-,42-,49-,50-,51-,52-,53-,54-;43-,44-,45-,46-/m00/s1. The zero-order valence-electron chi connectivity index (χ0n) is 82.5. The molecule has 8 amide bonds. The number of carbonyl (C=O) groups excluding carboxylic acids is 8. The highest BCUT2D eigenvalue weighted by Crippen LogP contribution is 2.50. The lowest BCUT2D eigenvalue weighted by Gasteiger charge is -2.36. The number of ether oxygens (including phenoxy) is 4. The van der Waals surface area contributed by atoms with Crippen LogP contribution in [0, 0.1) is 35.5 Å². The average molecular weight is 1890 g/mol. The second kappa shape index (κ2) is 40.8. The summed E-state index contributed by atoms with van der Waals surface area (Å²) >= 11 is 0. The number of benzene rings is 8. The lowest BCUT2D eigenvalue weighted by molar-refractivity contribution is -0.139. The van der Waals surface area contributed by atoms with E-state index < -0.39 is 48.5 Å². The van der Waals surface area contributed by atoms with E-state index in [1.807, 2.05) is 65.2 Å². The first-order chi connectivity index (χ1) is 67.7. The lowest BCUT2D eigenvalue weighted by atomic mass is 9.84. The maximum atomic E-state index is 14.5. The number of hydrogen-bond donors (Lipinski definition) is 8. The Morgan fingerprint density at radius 2 is 0.571 bits per heavy atom. The Hall–Kier alpha value is -13.4. The van der Waals surface area contributed by atoms with E-state index in [0.29, 0.717) is 24.9 Å². The monoisotopic (exact) mass is 1890 g/mol. The average Bonchev–Trinajstić information content (AvgIpc) is 1.60. The number of fused-ring (bicyclic) bond motifs is 6. The second-order valence-corrected chi connectivity index (χ2v) is 41.4. The molecule has 8 aromatic carbocycles. The van der Waals surface area contributed by atoms with Gasteiger partial charge in [-0.15, -0.1) is 0 Å². The van der Waals surface area contributed by atoms with Gasteiger partial charge >= 0.3 is 24.4 Å². The molecule has 4 aromatic heterocycles. The molecule has 4 saturated heterocycles. The summed E-state index contributed by atoms with van der Waals surface area (Å²) in [4.78, 5) is 148. The molecule has 0 radical (unpaired) electrons. The van der Waals surface area contributed by atoms with Gasteiger partial charge in [0.05, 0.1) is 96.7 Å². The van der Waals surface area contributed by atoms with Crippen molar-refractivity contribution in [2.45, 2.75) is 257 Å². The van der Waals surface area contributed by atoms with E-state index in [1.54, 1.807) is 0 Å². The molecule has 0 unspecified atom stereocenters. The van der Waals surface area contributed by atoms with E-state index in [-0.39, 0.29) is 83.6 Å². The number of alkyl carbamates (subject to hydrolysis) is 4. The molecule has 12 atom stereocenters. The Morgan fingerprint density at radius 1 is 0.307 bits per heavy atom. The summed E-state index contributed by atoms with van der Waals surface area (Å²) in [5.74, 6) is 3.09. The number of carbonyl (C=O) groups is 8. The number of aromatic nitrogens is 8. The van der Waals surface area contributed by atoms with Gasteiger partial charge in [0.1, 0.15) is 47.5 Å². The van der Waals surface area contributed by atoms with Gasteiger partial charge in [-0.3, -0.25) is 19.2 Å². The number of aromatic amines is 4. The molecular formula is C112H132N16O12. The van der Waals surface area contributed by atoms with Gasteiger partial charge in [-0.1, -0.05) is 178 Å². The maximum Gasteiger partial charge on any atom is 0.407 e. The Labute approximate surface area is 817 Å². The smallest absolute Gasteiger partial charge is 0.407 e. The predicted octanol–water partition coefficient (Wildman–Crippen LogP) is 19.8. The minimum atomic E-state index is -0.694. The Balaban J connectivity index is 0.000000180. The SMILES string of the molecule is COC(=O)N[C@H](C(=O)N1CCC[C@H]1c1nc2ccc(-c3cc4ccc3CCc3ccc(c(-c5ccc6nc([C@@H]7CCCN7C(=O)[C@@H](NC(=O)OC)C(C)C)[nH]c6c5)c3)CC4)cc2[nH]1)C(C)C.COC(=O)N[C@H](C(=O)N1[C@H](c2nc3ccc(-c4cc5ccc4CCc4ccc(c(-c6ccc7nc([C@@H]8C[C@@H]9CCCC[C@@H]9N8C(=O)[C@@H](NC(=O)OC)C(C)C)[nH]c7c6)c4)CC5)cc3[nH]2)C[C@@H]2CCCC[C@@H]21)C(C)C. The van der Waals surface area contributed by atoms with Crippen LogP contribution in [0.4, 0.5) is 19.2 Å². The molecule has 28 nitrogen and oxygen atoms in total. The number of rotatable bonds is 20. The van der Waals surface area contributed by atoms with Crippen molar-refractivity contribution in [2.24, 2.45) is 35.5 Å². The number of nitrogens with zero attached hydrogens (tertiary/aromatic N) is 8. The van der Waals surface area contributed by atoms with Gasteiger partial charge in [-0.2, -0.15) is 0 Å². The molecule has 6 fully saturated rings. The van der Waals surface area contributed by atoms with E-state index >= 15 is 0 Å². The van der Waals surface area contributed by atoms with Crippen molar-refractivity contribution in [1.82, 2.24) is 80.7 Å². The molecule has 10 aliphatic carbocycles. The van der Waals surface area contributed by atoms with Crippen LogP contribution in [0.3, 0.4) is 0 Å². The fourth-order valence-corrected chi connectivity index (χ4v) is 23.7. The highest BCUT2D eigenvalue weighted by atomic mass is 16.6. The summed E-state index contributed by atoms with van der Waals surface area (Å²) in [7, 11) is 5.27. The highest BCUT2D eigenvalue weighted by molar-refractivity contribution is 5.93. The van der Waals surface area contributed by atoms with E-state index in [2.05, 4.69) is 197 Å². The first-order valence-corrected chi connectivity index (χ1v) is 50.8. The minimum absolute atomic E-state index is 0.0671. The summed E-state index contributed by atoms with van der Waals surface area (Å²) in [5, 5.41) is 11.2. The summed E-state index contributed by atoms with van der Waals surface area (Å²) in [6.45, 7) is 16.7. The molecule has 2 saturated carbocycles. The third kappa shape index (κ3) is 19.5. The van der Waals surface area contributed by atoms with Gasteiger partial charge < -0.3 is 79.8 Å². The molecule has 8 heterocycles. The Kier molecular flexibility index (Phi) is 27.8. The highest BCUT2D eigenvalue weighted by Gasteiger charge is 2.51. The quantitative estimate of drug-likeness (QED) is 0.0329. The second-order valence-electron chi connectivity index (χ2n) is 41.4. The third-order valence-electron chi connectivity index (χ3n) is 31.3. The topological polar surface area (TPSA) is 349 Å². The molecule has 8 N–H and O–H groups in total. The Bertz CT molecular complexity index is 6310. The van der Waals surface area contributed by atoms with Crippen LogP contribution < -0.4 is 21.3 Å². The summed E-state index contributed by atoms with van der Waals surface area (Å²) < 4.78 is 19.5. The van der Waals surface area contributed by atoms with E-state index in [9.17, 15) is 38.4 Å². The lowest BCUT2D eigenvalue weighted by Crippen LogP contribution is -2.53. The molecule has 26 rings (SSSR count). The molecule has 28 heteroatoms. The molecule has 8 bridgehead atoms. The summed E-state index contributed by atoms with van der Waals surface area (Å²) in [6, 6.07) is 50.3. The van der Waals surface area contributed by atoms with Crippen LogP contribution in [0.1, 0.15) is 237 Å². The third-order valence-corrected chi connectivity index (χ3v) is 31.3. The molecule has 12 aromatic rings. The predicted molar refractivity (Wildman–Crippen MR) is 540 cm³/mol. The number of imidazole rings is 4. The van der Waals surface area contributed by atoms with E-state index in [1.165, 1.54) is 95.2 Å². The van der Waals surface area contributed by atoms with Crippen molar-refractivity contribution >= 4 is 92.1 Å². The number of aryl methyl sites for hydroxylation is 8. The number of amides is 8. The number of H-pyrrole nitrogens is 4. The van der Waals surface area contributed by atoms with Gasteiger partial charge in [-0.05, 0) is 289 Å². The molecular weight excluding hydrogens is 1760 g/mol. The van der Waals surface area contributed by atoms with Crippen LogP contribution in [0.5, 0.6) is 0 Å². The van der Waals surface area contributed by atoms with Crippen molar-refractivity contribution in [3.8, 4) is 44.5 Å². The van der Waals surface area contributed by atoms with Crippen molar-refractivity contribution in [3.05, 3.63) is 213 Å². The number of methoxy groups -OCH3 is 4. The largest absolute Gasteiger partial charge is 0.453 e. The Morgan fingerprint density at radius 3 is 0.843 bits per heavy atom. The molecule has 0 spiro atoms. The van der Waals surface area contributed by atoms with Crippen molar-refractivity contribution in [1.29, 1.82) is 0 Å². The zero-order chi connectivity index (χ0) is 97.6. The van der Waals surface area contributed by atoms with Gasteiger partial charge in [0.2, 0.25) is 23.6 Å². The van der Waals surface area contributed by atoms with Gasteiger partial charge in [0.15, 0.2) is 0 Å². The fourth-order valence-electron chi connectivity index (χ4n) is 23.7. The van der Waals surface area contributed by atoms with E-state index in [4.69, 9.17) is 38.9 Å². The van der Waals surface area contributed by atoms with Crippen LogP contribution in [0.25, 0.3) is 88.6 Å². The van der Waals surface area contributed by atoms with Crippen molar-refractivity contribution in [2.75, 3.05) is 41.5 Å². The van der Waals surface area contributed by atoms with Gasteiger partial charge in [0.25, 0.3) is 0 Å². The zero-order valence-corrected chi connectivity index (χ0v) is 82.5. The summed E-state index contributed by atoms with van der Waals surface area (Å²) in [5.41, 5.74) is 26.9. The van der Waals surface area contributed by atoms with Crippen LogP contribution in [-0.4, -0.2) is 185 Å². The number of hydrogen-bond acceptors (Lipinski definition) is 16.